The lowest BCUT2D eigenvalue weighted by Crippen LogP contribution is -2.70. The van der Waals surface area contributed by atoms with Crippen LogP contribution in [0.5, 0.6) is 34.5 Å². The SMILES string of the molecule is C=CCN1C2c3c(cc(C)c(OC)c3O)CC1[C@H](C#N)N1C2[C@@H]2SC[C@]3(NCCc4c3[nH]c3ccc(O)cc43)C(=O)OC[C@H]1c1c3c(c(C)c(OC(C)=O)c12)OCO3. The highest BCUT2D eigenvalue weighted by atomic mass is 32.2. The summed E-state index contributed by atoms with van der Waals surface area (Å²) in [7, 11) is 1.54. The van der Waals surface area contributed by atoms with Crippen LogP contribution in [-0.2, 0) is 32.7 Å². The Morgan fingerprint density at radius 1 is 1.16 bits per heavy atom. The molecule has 0 amide bonds. The van der Waals surface area contributed by atoms with Crippen LogP contribution in [0, 0.1) is 25.2 Å². The number of hydrogen-bond donors (Lipinski definition) is 4. The predicted octanol–water partition coefficient (Wildman–Crippen LogP) is 5.02. The molecule has 4 N–H and O–H groups in total. The van der Waals surface area contributed by atoms with Gasteiger partial charge in [-0.15, -0.1) is 18.3 Å². The van der Waals surface area contributed by atoms with E-state index in [-0.39, 0.29) is 36.7 Å². The standard InChI is InChI=1S/C43H43N5O9S/c1-6-11-47-27-13-22-12-19(2)36(53-5)35(51)30(22)33(47)34-40-32-31(39-38(55-18-56-39)20(3)37(32)57-21(4)49)29(48(34)28(27)15-44)16-54-42(52)43(17-58-40)41-24(9-10-45-43)25-14-23(50)7-8-26(25)46-41/h6-8,12,14,27-29,33-34,40,45-46,50-51H,1,9-11,13,16-18H2,2-5H3/t27?,28-,29-,33?,34?,40+,43+/m0/s1. The number of aromatic nitrogens is 1. The molecule has 2 saturated heterocycles. The number of methoxy groups -OCH3 is 1. The Morgan fingerprint density at radius 2 is 1.97 bits per heavy atom. The summed E-state index contributed by atoms with van der Waals surface area (Å²) in [5.41, 5.74) is 5.36. The molecule has 300 valence electrons. The quantitative estimate of drug-likeness (QED) is 0.123. The van der Waals surface area contributed by atoms with Gasteiger partial charge in [-0.2, -0.15) is 5.26 Å². The topological polar surface area (TPSA) is 179 Å². The van der Waals surface area contributed by atoms with Gasteiger partial charge < -0.3 is 38.9 Å². The van der Waals surface area contributed by atoms with Crippen molar-refractivity contribution in [1.29, 1.82) is 5.26 Å². The number of hydrogen-bond acceptors (Lipinski definition) is 14. The van der Waals surface area contributed by atoms with E-state index in [1.165, 1.54) is 18.7 Å². The predicted molar refractivity (Wildman–Crippen MR) is 212 cm³/mol. The van der Waals surface area contributed by atoms with Gasteiger partial charge in [0.25, 0.3) is 0 Å². The van der Waals surface area contributed by atoms with Crippen molar-refractivity contribution in [3.8, 4) is 40.6 Å². The third-order valence-electron chi connectivity index (χ3n) is 13.0. The minimum atomic E-state index is -1.35. The normalized spacial score (nSPS) is 28.2. The Bertz CT molecular complexity index is 2510. The molecule has 1 spiro atoms. The molecule has 0 radical (unpaired) electrons. The zero-order valence-corrected chi connectivity index (χ0v) is 33.3. The van der Waals surface area contributed by atoms with Gasteiger partial charge in [0.1, 0.15) is 24.1 Å². The smallest absolute Gasteiger partial charge is 0.333 e. The second-order valence-electron chi connectivity index (χ2n) is 15.9. The first-order chi connectivity index (χ1) is 28.0. The van der Waals surface area contributed by atoms with Crippen molar-refractivity contribution >= 4 is 34.6 Å². The molecule has 14 nitrogen and oxygen atoms in total. The number of H-pyrrole nitrogens is 1. The second-order valence-corrected chi connectivity index (χ2v) is 17.1. The number of ether oxygens (including phenoxy) is 5. The minimum absolute atomic E-state index is 0.0356. The number of carbonyl (C=O) groups excluding carboxylic acids is 2. The molecule has 7 atom stereocenters. The summed E-state index contributed by atoms with van der Waals surface area (Å²) in [5, 5.41) is 37.8. The molecule has 3 unspecified atom stereocenters. The van der Waals surface area contributed by atoms with Crippen LogP contribution in [0.15, 0.2) is 36.9 Å². The molecule has 8 heterocycles. The number of carbonyl (C=O) groups is 2. The lowest BCUT2D eigenvalue weighted by molar-refractivity contribution is -0.157. The summed E-state index contributed by atoms with van der Waals surface area (Å²) in [6.45, 7) is 9.86. The molecule has 58 heavy (non-hydrogen) atoms. The van der Waals surface area contributed by atoms with Gasteiger partial charge in [0.05, 0.1) is 36.2 Å². The maximum Gasteiger partial charge on any atom is 0.333 e. The number of aromatic amines is 1. The maximum atomic E-state index is 14.9. The molecule has 4 bridgehead atoms. The molecule has 1 aromatic heterocycles. The van der Waals surface area contributed by atoms with Gasteiger partial charge >= 0.3 is 11.9 Å². The van der Waals surface area contributed by atoms with Gasteiger partial charge in [-0.05, 0) is 61.6 Å². The molecule has 7 aliphatic heterocycles. The Hall–Kier alpha value is -5.40. The van der Waals surface area contributed by atoms with Crippen LogP contribution in [-0.4, -0.2) is 94.4 Å². The van der Waals surface area contributed by atoms with Crippen LogP contribution in [0.25, 0.3) is 10.9 Å². The lowest BCUT2D eigenvalue weighted by Gasteiger charge is -2.62. The average Bonchev–Trinajstić information content (AvgIpc) is 3.84. The summed E-state index contributed by atoms with van der Waals surface area (Å²) in [6.07, 6.45) is 2.90. The maximum absolute atomic E-state index is 14.9. The van der Waals surface area contributed by atoms with E-state index in [1.54, 1.807) is 25.3 Å². The van der Waals surface area contributed by atoms with Crippen LogP contribution in [0.1, 0.15) is 68.9 Å². The van der Waals surface area contributed by atoms with Gasteiger partial charge in [-0.25, -0.2) is 4.79 Å². The van der Waals surface area contributed by atoms with Crippen LogP contribution in [0.3, 0.4) is 0 Å². The molecule has 0 aliphatic carbocycles. The van der Waals surface area contributed by atoms with Gasteiger partial charge in [-0.1, -0.05) is 12.1 Å². The van der Waals surface area contributed by atoms with Gasteiger partial charge in [-0.3, -0.25) is 19.9 Å². The molecular weight excluding hydrogens is 763 g/mol. The molecule has 2 fully saturated rings. The summed E-state index contributed by atoms with van der Waals surface area (Å²) in [4.78, 5) is 35.9. The number of benzene rings is 3. The highest BCUT2D eigenvalue weighted by Gasteiger charge is 2.62. The number of aryl methyl sites for hydroxylation is 1. The van der Waals surface area contributed by atoms with Gasteiger partial charge in [0.2, 0.25) is 6.79 Å². The van der Waals surface area contributed by atoms with E-state index in [1.807, 2.05) is 26.0 Å². The Kier molecular flexibility index (Phi) is 8.47. The van der Waals surface area contributed by atoms with E-state index in [0.717, 1.165) is 27.6 Å². The second kappa shape index (κ2) is 13.3. The largest absolute Gasteiger partial charge is 0.508 e. The summed E-state index contributed by atoms with van der Waals surface area (Å²) < 4.78 is 30.8. The summed E-state index contributed by atoms with van der Waals surface area (Å²) >= 11 is 1.50. The first-order valence-corrected chi connectivity index (χ1v) is 20.5. The molecule has 0 saturated carbocycles. The highest BCUT2D eigenvalue weighted by molar-refractivity contribution is 7.99. The minimum Gasteiger partial charge on any atom is -0.508 e. The summed E-state index contributed by atoms with van der Waals surface area (Å²) in [6, 6.07) is 6.96. The van der Waals surface area contributed by atoms with Gasteiger partial charge in [0.15, 0.2) is 28.5 Å². The Morgan fingerprint density at radius 3 is 2.72 bits per heavy atom. The van der Waals surface area contributed by atoms with E-state index < -0.39 is 46.9 Å². The first-order valence-electron chi connectivity index (χ1n) is 19.5. The molecule has 11 rings (SSSR count). The Balaban J connectivity index is 1.26. The van der Waals surface area contributed by atoms with Crippen molar-refractivity contribution in [3.63, 3.8) is 0 Å². The molecule has 3 aromatic carbocycles. The van der Waals surface area contributed by atoms with Crippen LogP contribution >= 0.6 is 11.8 Å². The number of phenolic OH excluding ortho intramolecular Hbond substituents is 2. The van der Waals surface area contributed by atoms with E-state index in [0.29, 0.717) is 76.9 Å². The number of nitrogens with zero attached hydrogens (tertiary/aromatic N) is 3. The average molecular weight is 806 g/mol. The number of phenols is 2. The van der Waals surface area contributed by atoms with Crippen LogP contribution < -0.4 is 24.3 Å². The van der Waals surface area contributed by atoms with Crippen LogP contribution in [0.4, 0.5) is 0 Å². The molecule has 15 heteroatoms. The number of nitrogens with one attached hydrogen (secondary N) is 2. The molecule has 4 aromatic rings. The van der Waals surface area contributed by atoms with Crippen molar-refractivity contribution in [3.05, 3.63) is 81.6 Å². The van der Waals surface area contributed by atoms with Crippen molar-refractivity contribution in [2.24, 2.45) is 0 Å². The van der Waals surface area contributed by atoms with Gasteiger partial charge in [0, 0.05) is 71.0 Å². The Labute approximate surface area is 338 Å². The zero-order valence-electron chi connectivity index (χ0n) is 32.5. The number of fused-ring (bicyclic) bond motifs is 11. The lowest BCUT2D eigenvalue weighted by atomic mass is 9.71. The molecule has 7 aliphatic rings. The molecular formula is C43H43N5O9S. The fraction of sp³-hybridized carbons (Fsp3) is 0.419. The van der Waals surface area contributed by atoms with Crippen molar-refractivity contribution in [1.82, 2.24) is 20.1 Å². The number of esters is 2. The van der Waals surface area contributed by atoms with E-state index in [4.69, 9.17) is 23.7 Å². The fourth-order valence-corrected chi connectivity index (χ4v) is 12.6. The first kappa shape index (κ1) is 36.9. The summed E-state index contributed by atoms with van der Waals surface area (Å²) in [5.74, 6) is 0.931. The van der Waals surface area contributed by atoms with Crippen molar-refractivity contribution < 1.29 is 43.5 Å². The zero-order chi connectivity index (χ0) is 40.4. The van der Waals surface area contributed by atoms with E-state index in [9.17, 15) is 25.1 Å². The number of thioether (sulfide) groups is 1. The number of piperazine rings is 1. The fourth-order valence-electron chi connectivity index (χ4n) is 10.9. The third kappa shape index (κ3) is 4.95. The number of aromatic hydroxyl groups is 2. The van der Waals surface area contributed by atoms with Crippen molar-refractivity contribution in [2.75, 3.05) is 39.4 Å². The van der Waals surface area contributed by atoms with Crippen LogP contribution in [0.2, 0.25) is 0 Å². The number of nitriles is 1. The van der Waals surface area contributed by atoms with E-state index >= 15 is 0 Å². The van der Waals surface area contributed by atoms with E-state index in [2.05, 4.69) is 32.7 Å². The third-order valence-corrected chi connectivity index (χ3v) is 14.5. The highest BCUT2D eigenvalue weighted by Crippen LogP contribution is 2.65. The monoisotopic (exact) mass is 805 g/mol. The number of rotatable bonds is 4. The van der Waals surface area contributed by atoms with Crippen molar-refractivity contribution in [2.45, 2.75) is 74.6 Å².